The van der Waals surface area contributed by atoms with Gasteiger partial charge in [-0.05, 0) is 17.7 Å². The highest BCUT2D eigenvalue weighted by atomic mass is 15.3. The molecule has 0 fully saturated rings. The number of nitrogens with zero attached hydrogens (tertiary/aromatic N) is 2. The molecule has 0 radical (unpaired) electrons. The van der Waals surface area contributed by atoms with E-state index in [1.165, 1.54) is 0 Å². The first-order valence-electron chi connectivity index (χ1n) is 9.11. The lowest BCUT2D eigenvalue weighted by atomic mass is 10.0. The molecule has 0 amide bonds. The summed E-state index contributed by atoms with van der Waals surface area (Å²) < 4.78 is 0. The molecule has 1 aromatic carbocycles. The van der Waals surface area contributed by atoms with E-state index in [1.807, 2.05) is 96.4 Å². The van der Waals surface area contributed by atoms with Gasteiger partial charge in [0, 0.05) is 23.9 Å². The number of aromatic nitrogens is 1. The largest absolute Gasteiger partial charge is 0.384 e. The summed E-state index contributed by atoms with van der Waals surface area (Å²) in [6, 6.07) is 14.2. The van der Waals surface area contributed by atoms with Crippen LogP contribution < -0.4 is 11.2 Å². The van der Waals surface area contributed by atoms with Gasteiger partial charge in [0.25, 0.3) is 0 Å². The zero-order valence-corrected chi connectivity index (χ0v) is 16.3. The van der Waals surface area contributed by atoms with Crippen molar-refractivity contribution >= 4 is 6.21 Å². The number of hydrogen-bond acceptors (Lipinski definition) is 4. The Balaban J connectivity index is 0.000000871. The van der Waals surface area contributed by atoms with Crippen LogP contribution in [-0.4, -0.2) is 11.2 Å². The smallest absolute Gasteiger partial charge is 0.114 e. The Bertz CT molecular complexity index is 616. The van der Waals surface area contributed by atoms with Gasteiger partial charge in [0.15, 0.2) is 0 Å². The number of hydrazone groups is 1. The normalized spacial score (nSPS) is 14.2. The fourth-order valence-corrected chi connectivity index (χ4v) is 2.03. The molecular formula is C21H32N4. The molecule has 0 bridgehead atoms. The highest BCUT2D eigenvalue weighted by molar-refractivity contribution is 5.72. The molecule has 1 atom stereocenters. The first-order valence-corrected chi connectivity index (χ1v) is 9.11. The average Bonchev–Trinajstić information content (AvgIpc) is 2.73. The van der Waals surface area contributed by atoms with E-state index in [9.17, 15) is 0 Å². The molecule has 2 aromatic rings. The Morgan fingerprint density at radius 3 is 2.04 bits per heavy atom. The highest BCUT2D eigenvalue weighted by Crippen LogP contribution is 2.21. The summed E-state index contributed by atoms with van der Waals surface area (Å²) in [6.45, 7) is 12.0. The summed E-state index contributed by atoms with van der Waals surface area (Å²) in [5.74, 6) is 0.651. The quantitative estimate of drug-likeness (QED) is 0.779. The van der Waals surface area contributed by atoms with Crippen molar-refractivity contribution < 1.29 is 0 Å². The van der Waals surface area contributed by atoms with Crippen molar-refractivity contribution in [1.82, 2.24) is 10.4 Å². The molecule has 25 heavy (non-hydrogen) atoms. The van der Waals surface area contributed by atoms with E-state index in [1.54, 1.807) is 0 Å². The molecule has 0 saturated heterocycles. The van der Waals surface area contributed by atoms with Gasteiger partial charge in [-0.15, -0.1) is 0 Å². The minimum absolute atomic E-state index is 0.0820. The first-order chi connectivity index (χ1) is 12.3. The Labute approximate surface area is 152 Å². The number of rotatable bonds is 2. The van der Waals surface area contributed by atoms with Crippen LogP contribution in [0.3, 0.4) is 0 Å². The Morgan fingerprint density at radius 1 is 0.880 bits per heavy atom. The Hall–Kier alpha value is -2.62. The second-order valence-corrected chi connectivity index (χ2v) is 4.38. The number of nitrogens with two attached hydrogens (primary N) is 1. The van der Waals surface area contributed by atoms with Crippen molar-refractivity contribution in [1.29, 1.82) is 0 Å². The van der Waals surface area contributed by atoms with Gasteiger partial charge in [-0.3, -0.25) is 10.4 Å². The molecule has 2 heterocycles. The van der Waals surface area contributed by atoms with E-state index in [0.717, 1.165) is 16.8 Å². The SMILES string of the molecule is CC.CC.CC.NC1=CC(c2ccc(-c3ccccc3)nc2)C=NN1. The lowest BCUT2D eigenvalue weighted by Crippen LogP contribution is -2.20. The number of allylic oxidation sites excluding steroid dienone is 1. The lowest BCUT2D eigenvalue weighted by molar-refractivity contribution is 0.828. The second-order valence-electron chi connectivity index (χ2n) is 4.38. The van der Waals surface area contributed by atoms with Gasteiger partial charge < -0.3 is 5.73 Å². The number of pyridine rings is 1. The van der Waals surface area contributed by atoms with Crippen LogP contribution in [0.15, 0.2) is 65.7 Å². The van der Waals surface area contributed by atoms with Gasteiger partial charge in [0.05, 0.1) is 5.69 Å². The van der Waals surface area contributed by atoms with Crippen molar-refractivity contribution in [2.24, 2.45) is 10.8 Å². The van der Waals surface area contributed by atoms with Crippen LogP contribution in [0.2, 0.25) is 0 Å². The molecule has 1 unspecified atom stereocenters. The van der Waals surface area contributed by atoms with Crippen LogP contribution in [-0.2, 0) is 0 Å². The van der Waals surface area contributed by atoms with Crippen LogP contribution in [0.4, 0.5) is 0 Å². The third-order valence-corrected chi connectivity index (χ3v) is 3.03. The summed E-state index contributed by atoms with van der Waals surface area (Å²) in [6.07, 6.45) is 5.61. The minimum Gasteiger partial charge on any atom is -0.384 e. The molecule has 1 aliphatic rings. The molecule has 0 aliphatic carbocycles. The Kier molecular flexibility index (Phi) is 12.3. The van der Waals surface area contributed by atoms with Crippen LogP contribution in [0.1, 0.15) is 53.0 Å². The van der Waals surface area contributed by atoms with Crippen molar-refractivity contribution in [3.8, 4) is 11.3 Å². The van der Waals surface area contributed by atoms with E-state index in [0.29, 0.717) is 5.82 Å². The van der Waals surface area contributed by atoms with Crippen LogP contribution in [0.5, 0.6) is 0 Å². The van der Waals surface area contributed by atoms with E-state index in [-0.39, 0.29) is 5.92 Å². The molecule has 0 saturated carbocycles. The molecule has 4 heteroatoms. The van der Waals surface area contributed by atoms with Gasteiger partial charge in [-0.1, -0.05) is 77.9 Å². The fraction of sp³-hybridized carbons (Fsp3) is 0.333. The van der Waals surface area contributed by atoms with Gasteiger partial charge in [-0.25, -0.2) is 0 Å². The maximum Gasteiger partial charge on any atom is 0.114 e. The van der Waals surface area contributed by atoms with Crippen LogP contribution in [0, 0.1) is 0 Å². The summed E-state index contributed by atoms with van der Waals surface area (Å²) in [4.78, 5) is 4.50. The van der Waals surface area contributed by atoms with Crippen molar-refractivity contribution in [3.05, 3.63) is 66.1 Å². The average molecular weight is 341 g/mol. The molecule has 1 aromatic heterocycles. The third-order valence-electron chi connectivity index (χ3n) is 3.03. The van der Waals surface area contributed by atoms with Crippen LogP contribution in [0.25, 0.3) is 11.3 Å². The van der Waals surface area contributed by atoms with Crippen LogP contribution >= 0.6 is 0 Å². The van der Waals surface area contributed by atoms with Gasteiger partial charge in [-0.2, -0.15) is 5.10 Å². The Morgan fingerprint density at radius 2 is 1.52 bits per heavy atom. The molecular weight excluding hydrogens is 308 g/mol. The highest BCUT2D eigenvalue weighted by Gasteiger charge is 2.11. The predicted molar refractivity (Wildman–Crippen MR) is 110 cm³/mol. The molecule has 4 nitrogen and oxygen atoms in total. The van der Waals surface area contributed by atoms with Crippen molar-refractivity contribution in [2.75, 3.05) is 0 Å². The molecule has 136 valence electrons. The number of benzene rings is 1. The third kappa shape index (κ3) is 7.21. The topological polar surface area (TPSA) is 63.3 Å². The molecule has 0 spiro atoms. The van der Waals surface area contributed by atoms with E-state index >= 15 is 0 Å². The molecule has 1 aliphatic heterocycles. The fourth-order valence-electron chi connectivity index (χ4n) is 2.03. The lowest BCUT2D eigenvalue weighted by Gasteiger charge is -2.14. The minimum atomic E-state index is 0.0820. The maximum atomic E-state index is 5.70. The zero-order chi connectivity index (χ0) is 19.1. The number of nitrogens with one attached hydrogen (secondary N) is 1. The van der Waals surface area contributed by atoms with E-state index < -0.39 is 0 Å². The van der Waals surface area contributed by atoms with Gasteiger partial charge >= 0.3 is 0 Å². The number of hydrogen-bond donors (Lipinski definition) is 2. The van der Waals surface area contributed by atoms with E-state index in [4.69, 9.17) is 5.73 Å². The predicted octanol–water partition coefficient (Wildman–Crippen LogP) is 5.30. The first kappa shape index (κ1) is 22.4. The summed E-state index contributed by atoms with van der Waals surface area (Å²) in [7, 11) is 0. The van der Waals surface area contributed by atoms with Crippen molar-refractivity contribution in [3.63, 3.8) is 0 Å². The summed E-state index contributed by atoms with van der Waals surface area (Å²) in [5.41, 5.74) is 11.6. The zero-order valence-electron chi connectivity index (χ0n) is 16.3. The summed E-state index contributed by atoms with van der Waals surface area (Å²) in [5, 5.41) is 4.00. The standard InChI is InChI=1S/C15H14N4.3C2H6/c16-15-8-13(10-18-19-15)12-6-7-14(17-9-12)11-4-2-1-3-5-11;3*1-2/h1-10,13,19H,16H2;3*1-2H3. The molecule has 3 N–H and O–H groups in total. The van der Waals surface area contributed by atoms with Gasteiger partial charge in [0.2, 0.25) is 0 Å². The van der Waals surface area contributed by atoms with E-state index in [2.05, 4.69) is 21.6 Å². The van der Waals surface area contributed by atoms with Crippen molar-refractivity contribution in [2.45, 2.75) is 47.5 Å². The summed E-state index contributed by atoms with van der Waals surface area (Å²) >= 11 is 0. The second kappa shape index (κ2) is 13.8. The molecule has 3 rings (SSSR count). The monoisotopic (exact) mass is 340 g/mol. The van der Waals surface area contributed by atoms with Gasteiger partial charge in [0.1, 0.15) is 5.82 Å². The maximum absolute atomic E-state index is 5.70.